The summed E-state index contributed by atoms with van der Waals surface area (Å²) in [5.41, 5.74) is 8.45. The Balaban J connectivity index is 1.68. The zero-order chi connectivity index (χ0) is 22.4. The van der Waals surface area contributed by atoms with Crippen LogP contribution in [0.3, 0.4) is 0 Å². The summed E-state index contributed by atoms with van der Waals surface area (Å²) in [4.78, 5) is 29.6. The van der Waals surface area contributed by atoms with Gasteiger partial charge in [-0.2, -0.15) is 0 Å². The van der Waals surface area contributed by atoms with Gasteiger partial charge in [-0.25, -0.2) is 0 Å². The summed E-state index contributed by atoms with van der Waals surface area (Å²) in [5, 5.41) is 3.19. The lowest BCUT2D eigenvalue weighted by Gasteiger charge is -2.29. The first-order valence-corrected chi connectivity index (χ1v) is 11.5. The fourth-order valence-electron chi connectivity index (χ4n) is 4.76. The van der Waals surface area contributed by atoms with Crippen molar-refractivity contribution in [3.8, 4) is 0 Å². The van der Waals surface area contributed by atoms with Crippen LogP contribution in [0.5, 0.6) is 0 Å². The molecule has 31 heavy (non-hydrogen) atoms. The minimum Gasteiger partial charge on any atom is -0.383 e. The maximum absolute atomic E-state index is 13.1. The number of hydrogen-bond acceptors (Lipinski definition) is 5. The third kappa shape index (κ3) is 6.51. The first-order valence-electron chi connectivity index (χ1n) is 11.5. The molecule has 7 heteroatoms. The van der Waals surface area contributed by atoms with Gasteiger partial charge in [-0.3, -0.25) is 14.5 Å². The normalized spacial score (nSPS) is 26.3. The van der Waals surface area contributed by atoms with Crippen molar-refractivity contribution in [1.82, 2.24) is 15.1 Å². The van der Waals surface area contributed by atoms with Gasteiger partial charge in [0.1, 0.15) is 6.04 Å². The molecular weight excluding hydrogens is 392 g/mol. The Morgan fingerprint density at radius 2 is 1.87 bits per heavy atom. The summed E-state index contributed by atoms with van der Waals surface area (Å²) >= 11 is 0. The summed E-state index contributed by atoms with van der Waals surface area (Å²) in [6.45, 7) is 6.35. The maximum atomic E-state index is 13.1. The average Bonchev–Trinajstić information content (AvgIpc) is 3.20. The van der Waals surface area contributed by atoms with Crippen LogP contribution in [0.1, 0.15) is 50.2 Å². The molecule has 3 N–H and O–H groups in total. The zero-order valence-electron chi connectivity index (χ0n) is 19.2. The molecule has 1 saturated carbocycles. The van der Waals surface area contributed by atoms with E-state index in [0.29, 0.717) is 19.6 Å². The molecule has 2 unspecified atom stereocenters. The van der Waals surface area contributed by atoms with Crippen molar-refractivity contribution in [2.45, 2.75) is 76.7 Å². The zero-order valence-corrected chi connectivity index (χ0v) is 19.2. The molecule has 0 spiro atoms. The number of carbonyl (C=O) groups excluding carboxylic acids is 2. The van der Waals surface area contributed by atoms with Crippen molar-refractivity contribution in [2.75, 3.05) is 26.8 Å². The summed E-state index contributed by atoms with van der Waals surface area (Å²) in [6, 6.07) is 8.64. The highest BCUT2D eigenvalue weighted by Gasteiger charge is 2.41. The van der Waals surface area contributed by atoms with Gasteiger partial charge in [-0.1, -0.05) is 29.8 Å². The minimum atomic E-state index is -0.416. The largest absolute Gasteiger partial charge is 0.383 e. The van der Waals surface area contributed by atoms with Crippen LogP contribution >= 0.6 is 0 Å². The van der Waals surface area contributed by atoms with E-state index in [0.717, 1.165) is 38.8 Å². The minimum absolute atomic E-state index is 0.0276. The predicted molar refractivity (Wildman–Crippen MR) is 121 cm³/mol. The van der Waals surface area contributed by atoms with Gasteiger partial charge in [-0.15, -0.1) is 0 Å². The number of rotatable bonds is 8. The second-order valence-corrected chi connectivity index (χ2v) is 9.15. The van der Waals surface area contributed by atoms with Crippen molar-refractivity contribution in [3.63, 3.8) is 0 Å². The number of ether oxygens (including phenoxy) is 1. The van der Waals surface area contributed by atoms with Crippen LogP contribution in [0.2, 0.25) is 0 Å². The molecule has 1 saturated heterocycles. The molecule has 3 rings (SSSR count). The van der Waals surface area contributed by atoms with Crippen molar-refractivity contribution >= 4 is 11.8 Å². The molecule has 2 atom stereocenters. The molecule has 2 fully saturated rings. The maximum Gasteiger partial charge on any atom is 0.243 e. The Labute approximate surface area is 186 Å². The van der Waals surface area contributed by atoms with Gasteiger partial charge in [0.25, 0.3) is 0 Å². The van der Waals surface area contributed by atoms with Gasteiger partial charge in [0, 0.05) is 51.8 Å². The lowest BCUT2D eigenvalue weighted by atomic mass is 9.91. The molecule has 1 aromatic rings. The van der Waals surface area contributed by atoms with E-state index in [4.69, 9.17) is 10.5 Å². The highest BCUT2D eigenvalue weighted by Crippen LogP contribution is 2.25. The van der Waals surface area contributed by atoms with E-state index in [1.54, 1.807) is 18.9 Å². The van der Waals surface area contributed by atoms with Gasteiger partial charge in [-0.05, 0) is 44.6 Å². The quantitative estimate of drug-likeness (QED) is 0.657. The van der Waals surface area contributed by atoms with E-state index in [9.17, 15) is 9.59 Å². The second-order valence-electron chi connectivity index (χ2n) is 9.15. The highest BCUT2D eigenvalue weighted by molar-refractivity contribution is 5.87. The lowest BCUT2D eigenvalue weighted by Crippen LogP contribution is -2.49. The van der Waals surface area contributed by atoms with E-state index in [2.05, 4.69) is 41.4 Å². The Morgan fingerprint density at radius 3 is 2.48 bits per heavy atom. The molecule has 1 aliphatic heterocycles. The molecule has 172 valence electrons. The monoisotopic (exact) mass is 430 g/mol. The van der Waals surface area contributed by atoms with Crippen LogP contribution in [-0.2, 0) is 20.9 Å². The molecule has 7 nitrogen and oxygen atoms in total. The number of benzene rings is 1. The Kier molecular flexibility index (Phi) is 8.46. The lowest BCUT2D eigenvalue weighted by molar-refractivity contribution is -0.137. The van der Waals surface area contributed by atoms with Crippen LogP contribution in [-0.4, -0.2) is 72.6 Å². The van der Waals surface area contributed by atoms with Gasteiger partial charge in [0.2, 0.25) is 11.8 Å². The number of methoxy groups -OCH3 is 1. The SMILES string of the molecule is COCCN(Cc1ccc(C)cc1)C1CC(C(=O)NC2CCC(N)CC2)N(C(C)=O)C1. The summed E-state index contributed by atoms with van der Waals surface area (Å²) < 4.78 is 5.33. The van der Waals surface area contributed by atoms with Gasteiger partial charge in [0.05, 0.1) is 6.61 Å². The number of nitrogens with two attached hydrogens (primary N) is 1. The fraction of sp³-hybridized carbons (Fsp3) is 0.667. The van der Waals surface area contributed by atoms with Crippen molar-refractivity contribution < 1.29 is 14.3 Å². The Morgan fingerprint density at radius 1 is 1.19 bits per heavy atom. The number of nitrogens with one attached hydrogen (secondary N) is 1. The number of likely N-dealkylation sites (tertiary alicyclic amines) is 1. The number of hydrogen-bond donors (Lipinski definition) is 2. The Hall–Kier alpha value is -1.96. The predicted octanol–water partition coefficient (Wildman–Crippen LogP) is 1.82. The molecule has 2 amide bonds. The topological polar surface area (TPSA) is 87.9 Å². The van der Waals surface area contributed by atoms with Crippen LogP contribution < -0.4 is 11.1 Å². The average molecular weight is 431 g/mol. The molecule has 0 bridgehead atoms. The van der Waals surface area contributed by atoms with E-state index in [1.165, 1.54) is 11.1 Å². The first kappa shape index (κ1) is 23.7. The van der Waals surface area contributed by atoms with E-state index in [-0.39, 0.29) is 29.9 Å². The summed E-state index contributed by atoms with van der Waals surface area (Å²) in [6.07, 6.45) is 4.35. The number of carbonyl (C=O) groups is 2. The molecule has 2 aliphatic rings. The molecule has 1 aliphatic carbocycles. The summed E-state index contributed by atoms with van der Waals surface area (Å²) in [7, 11) is 1.70. The fourth-order valence-corrected chi connectivity index (χ4v) is 4.76. The van der Waals surface area contributed by atoms with Gasteiger partial charge in [0.15, 0.2) is 0 Å². The first-order chi connectivity index (χ1) is 14.9. The van der Waals surface area contributed by atoms with E-state index >= 15 is 0 Å². The summed E-state index contributed by atoms with van der Waals surface area (Å²) in [5.74, 6) is -0.0736. The van der Waals surface area contributed by atoms with Crippen LogP contribution in [0.4, 0.5) is 0 Å². The van der Waals surface area contributed by atoms with Crippen LogP contribution in [0.25, 0.3) is 0 Å². The van der Waals surface area contributed by atoms with Crippen LogP contribution in [0, 0.1) is 6.92 Å². The van der Waals surface area contributed by atoms with E-state index in [1.807, 2.05) is 0 Å². The number of amides is 2. The van der Waals surface area contributed by atoms with Crippen molar-refractivity contribution in [3.05, 3.63) is 35.4 Å². The standard InChI is InChI=1S/C24H38N4O3/c1-17-4-6-19(7-5-17)15-27(12-13-31-3)22-14-23(28(16-22)18(2)29)24(30)26-21-10-8-20(25)9-11-21/h4-7,20-23H,8-16,25H2,1-3H3,(H,26,30). The molecule has 0 aromatic heterocycles. The molecule has 0 radical (unpaired) electrons. The molecular formula is C24H38N4O3. The number of aryl methyl sites for hydroxylation is 1. The number of nitrogens with zero attached hydrogens (tertiary/aromatic N) is 2. The van der Waals surface area contributed by atoms with Crippen molar-refractivity contribution in [2.24, 2.45) is 5.73 Å². The third-order valence-corrected chi connectivity index (χ3v) is 6.71. The highest BCUT2D eigenvalue weighted by atomic mass is 16.5. The third-order valence-electron chi connectivity index (χ3n) is 6.71. The second kappa shape index (κ2) is 11.1. The van der Waals surface area contributed by atoms with Gasteiger partial charge >= 0.3 is 0 Å². The van der Waals surface area contributed by atoms with Crippen LogP contribution in [0.15, 0.2) is 24.3 Å². The Bertz CT molecular complexity index is 731. The van der Waals surface area contributed by atoms with Gasteiger partial charge < -0.3 is 20.7 Å². The smallest absolute Gasteiger partial charge is 0.243 e. The molecule has 1 heterocycles. The van der Waals surface area contributed by atoms with E-state index < -0.39 is 6.04 Å². The van der Waals surface area contributed by atoms with Crippen molar-refractivity contribution in [1.29, 1.82) is 0 Å². The molecule has 1 aromatic carbocycles.